The fourth-order valence-electron chi connectivity index (χ4n) is 2.19. The highest BCUT2D eigenvalue weighted by Crippen LogP contribution is 2.39. The monoisotopic (exact) mass is 279 g/mol. The highest BCUT2D eigenvalue weighted by atomic mass is 16.5. The summed E-state index contributed by atoms with van der Waals surface area (Å²) >= 11 is 0. The van der Waals surface area contributed by atoms with Gasteiger partial charge >= 0.3 is 0 Å². The highest BCUT2D eigenvalue weighted by Gasteiger charge is 2.39. The minimum atomic E-state index is -0.827. The molecule has 1 amide bonds. The summed E-state index contributed by atoms with van der Waals surface area (Å²) in [5, 5.41) is 12.9. The fourth-order valence-corrected chi connectivity index (χ4v) is 2.19. The smallest absolute Gasteiger partial charge is 0.251 e. The maximum absolute atomic E-state index is 12.1. The van der Waals surface area contributed by atoms with Gasteiger partial charge < -0.3 is 19.9 Å². The molecule has 0 heterocycles. The van der Waals surface area contributed by atoms with E-state index in [9.17, 15) is 9.90 Å². The summed E-state index contributed by atoms with van der Waals surface area (Å²) in [6, 6.07) is 4.98. The SMILES string of the molecule is COc1ccc(C(=O)NCC(C)(O)C2CC2)cc1OC. The maximum atomic E-state index is 12.1. The first-order chi connectivity index (χ1) is 9.47. The summed E-state index contributed by atoms with van der Waals surface area (Å²) in [5.74, 6) is 1.16. The molecule has 1 atom stereocenters. The molecule has 0 aliphatic heterocycles. The number of carbonyl (C=O) groups is 1. The second kappa shape index (κ2) is 5.71. The van der Waals surface area contributed by atoms with E-state index in [-0.39, 0.29) is 12.5 Å². The van der Waals surface area contributed by atoms with Crippen LogP contribution in [-0.4, -0.2) is 37.4 Å². The fraction of sp³-hybridized carbons (Fsp3) is 0.533. The van der Waals surface area contributed by atoms with E-state index in [4.69, 9.17) is 9.47 Å². The lowest BCUT2D eigenvalue weighted by Crippen LogP contribution is -2.42. The van der Waals surface area contributed by atoms with E-state index in [1.54, 1.807) is 32.2 Å². The molecular formula is C15H21NO4. The highest BCUT2D eigenvalue weighted by molar-refractivity contribution is 5.94. The van der Waals surface area contributed by atoms with Crippen molar-refractivity contribution < 1.29 is 19.4 Å². The summed E-state index contributed by atoms with van der Waals surface area (Å²) in [6.45, 7) is 2.02. The van der Waals surface area contributed by atoms with Gasteiger partial charge in [0, 0.05) is 12.1 Å². The van der Waals surface area contributed by atoms with Crippen molar-refractivity contribution in [1.29, 1.82) is 0 Å². The Kier molecular flexibility index (Phi) is 4.18. The standard InChI is InChI=1S/C15H21NO4/c1-15(18,11-5-6-11)9-16-14(17)10-4-7-12(19-2)13(8-10)20-3/h4,7-8,11,18H,5-6,9H2,1-3H3,(H,16,17). The van der Waals surface area contributed by atoms with Crippen LogP contribution in [0.15, 0.2) is 18.2 Å². The Balaban J connectivity index is 2.01. The molecule has 5 heteroatoms. The Morgan fingerprint density at radius 1 is 1.35 bits per heavy atom. The molecule has 0 radical (unpaired) electrons. The van der Waals surface area contributed by atoms with Crippen LogP contribution in [0.1, 0.15) is 30.1 Å². The molecule has 0 saturated heterocycles. The van der Waals surface area contributed by atoms with Gasteiger partial charge in [0.05, 0.1) is 19.8 Å². The van der Waals surface area contributed by atoms with Gasteiger partial charge in [0.1, 0.15) is 0 Å². The van der Waals surface area contributed by atoms with E-state index in [0.29, 0.717) is 23.0 Å². The first-order valence-electron chi connectivity index (χ1n) is 6.70. The quantitative estimate of drug-likeness (QED) is 0.830. The first-order valence-corrected chi connectivity index (χ1v) is 6.70. The van der Waals surface area contributed by atoms with Crippen LogP contribution in [0.5, 0.6) is 11.5 Å². The van der Waals surface area contributed by atoms with Gasteiger partial charge in [-0.3, -0.25) is 4.79 Å². The van der Waals surface area contributed by atoms with E-state index in [0.717, 1.165) is 12.8 Å². The summed E-state index contributed by atoms with van der Waals surface area (Å²) < 4.78 is 10.3. The van der Waals surface area contributed by atoms with Crippen LogP contribution in [0.25, 0.3) is 0 Å². The molecule has 0 aromatic heterocycles. The van der Waals surface area contributed by atoms with Gasteiger partial charge in [-0.2, -0.15) is 0 Å². The van der Waals surface area contributed by atoms with Gasteiger partial charge in [-0.1, -0.05) is 0 Å². The van der Waals surface area contributed by atoms with Crippen molar-refractivity contribution in [2.24, 2.45) is 5.92 Å². The Morgan fingerprint density at radius 2 is 2.00 bits per heavy atom. The van der Waals surface area contributed by atoms with Crippen LogP contribution < -0.4 is 14.8 Å². The van der Waals surface area contributed by atoms with E-state index in [1.807, 2.05) is 0 Å². The largest absolute Gasteiger partial charge is 0.493 e. The summed E-state index contributed by atoms with van der Waals surface area (Å²) in [6.07, 6.45) is 2.05. The second-order valence-corrected chi connectivity index (χ2v) is 5.38. The lowest BCUT2D eigenvalue weighted by molar-refractivity contribution is 0.0354. The molecule has 0 bridgehead atoms. The third-order valence-electron chi connectivity index (χ3n) is 3.71. The number of methoxy groups -OCH3 is 2. The molecule has 2 rings (SSSR count). The second-order valence-electron chi connectivity index (χ2n) is 5.38. The van der Waals surface area contributed by atoms with E-state index in [2.05, 4.69) is 5.32 Å². The van der Waals surface area contributed by atoms with Crippen LogP contribution in [0.2, 0.25) is 0 Å². The number of nitrogens with one attached hydrogen (secondary N) is 1. The number of hydrogen-bond donors (Lipinski definition) is 2. The van der Waals surface area contributed by atoms with Gasteiger partial charge in [-0.05, 0) is 43.9 Å². The molecule has 1 aromatic rings. The molecule has 110 valence electrons. The summed E-state index contributed by atoms with van der Waals surface area (Å²) in [5.41, 5.74) is -0.346. The van der Waals surface area contributed by atoms with E-state index in [1.165, 1.54) is 7.11 Å². The predicted octanol–water partition coefficient (Wildman–Crippen LogP) is 1.59. The van der Waals surface area contributed by atoms with Crippen molar-refractivity contribution in [3.63, 3.8) is 0 Å². The van der Waals surface area contributed by atoms with Crippen LogP contribution in [0, 0.1) is 5.92 Å². The third kappa shape index (κ3) is 3.22. The zero-order chi connectivity index (χ0) is 14.8. The molecule has 20 heavy (non-hydrogen) atoms. The topological polar surface area (TPSA) is 67.8 Å². The van der Waals surface area contributed by atoms with Crippen molar-refractivity contribution in [2.45, 2.75) is 25.4 Å². The van der Waals surface area contributed by atoms with Gasteiger partial charge in [0.25, 0.3) is 5.91 Å². The zero-order valence-corrected chi connectivity index (χ0v) is 12.1. The zero-order valence-electron chi connectivity index (χ0n) is 12.1. The first kappa shape index (κ1) is 14.7. The number of carbonyl (C=O) groups excluding carboxylic acids is 1. The van der Waals surface area contributed by atoms with E-state index < -0.39 is 5.60 Å². The molecule has 1 aliphatic carbocycles. The third-order valence-corrected chi connectivity index (χ3v) is 3.71. The average Bonchev–Trinajstić information content (AvgIpc) is 3.29. The van der Waals surface area contributed by atoms with Gasteiger partial charge in [-0.25, -0.2) is 0 Å². The number of benzene rings is 1. The van der Waals surface area contributed by atoms with Crippen LogP contribution in [-0.2, 0) is 0 Å². The lowest BCUT2D eigenvalue weighted by atomic mass is 10.0. The Morgan fingerprint density at radius 3 is 2.55 bits per heavy atom. The molecule has 5 nitrogen and oxygen atoms in total. The number of rotatable bonds is 6. The Bertz CT molecular complexity index is 495. The van der Waals surface area contributed by atoms with Gasteiger partial charge in [-0.15, -0.1) is 0 Å². The van der Waals surface area contributed by atoms with Crippen molar-refractivity contribution in [3.05, 3.63) is 23.8 Å². The minimum absolute atomic E-state index is 0.230. The van der Waals surface area contributed by atoms with Crippen molar-refractivity contribution >= 4 is 5.91 Å². The predicted molar refractivity (Wildman–Crippen MR) is 75.2 cm³/mol. The van der Waals surface area contributed by atoms with Crippen LogP contribution in [0.3, 0.4) is 0 Å². The molecule has 1 fully saturated rings. The molecule has 1 unspecified atom stereocenters. The number of ether oxygens (including phenoxy) is 2. The molecule has 1 aliphatic rings. The number of aliphatic hydroxyl groups is 1. The van der Waals surface area contributed by atoms with E-state index >= 15 is 0 Å². The van der Waals surface area contributed by atoms with Crippen LogP contribution in [0.4, 0.5) is 0 Å². The Labute approximate surface area is 118 Å². The molecular weight excluding hydrogens is 258 g/mol. The average molecular weight is 279 g/mol. The lowest BCUT2D eigenvalue weighted by Gasteiger charge is -2.23. The van der Waals surface area contributed by atoms with Gasteiger partial charge in [0.2, 0.25) is 0 Å². The number of amides is 1. The van der Waals surface area contributed by atoms with Crippen molar-refractivity contribution in [1.82, 2.24) is 5.32 Å². The normalized spacial score (nSPS) is 17.2. The number of hydrogen-bond acceptors (Lipinski definition) is 4. The van der Waals surface area contributed by atoms with Crippen molar-refractivity contribution in [2.75, 3.05) is 20.8 Å². The summed E-state index contributed by atoms with van der Waals surface area (Å²) in [4.78, 5) is 12.1. The van der Waals surface area contributed by atoms with Gasteiger partial charge in [0.15, 0.2) is 11.5 Å². The maximum Gasteiger partial charge on any atom is 0.251 e. The molecule has 0 spiro atoms. The van der Waals surface area contributed by atoms with Crippen LogP contribution >= 0.6 is 0 Å². The minimum Gasteiger partial charge on any atom is -0.493 e. The molecule has 1 aromatic carbocycles. The molecule has 2 N–H and O–H groups in total. The van der Waals surface area contributed by atoms with Crippen molar-refractivity contribution in [3.8, 4) is 11.5 Å². The summed E-state index contributed by atoms with van der Waals surface area (Å²) in [7, 11) is 3.07. The Hall–Kier alpha value is -1.75. The molecule has 1 saturated carbocycles.